The van der Waals surface area contributed by atoms with Crippen LogP contribution in [0.3, 0.4) is 0 Å². The van der Waals surface area contributed by atoms with Gasteiger partial charge in [-0.05, 0) is 30.2 Å². The summed E-state index contributed by atoms with van der Waals surface area (Å²) >= 11 is 5.81. The number of halogens is 1. The van der Waals surface area contributed by atoms with E-state index in [9.17, 15) is 18.0 Å². The molecule has 1 aromatic rings. The van der Waals surface area contributed by atoms with E-state index in [4.69, 9.17) is 16.8 Å². The largest absolute Gasteiger partial charge is 0.322 e. The van der Waals surface area contributed by atoms with Gasteiger partial charge in [-0.1, -0.05) is 25.4 Å². The Bertz CT molecular complexity index is 794. The molecule has 1 aliphatic rings. The number of urea groups is 1. The molecule has 2 rings (SSSR count). The molecule has 0 saturated carbocycles. The minimum absolute atomic E-state index is 0.0783. The van der Waals surface area contributed by atoms with Crippen molar-refractivity contribution in [2.75, 3.05) is 31.5 Å². The summed E-state index contributed by atoms with van der Waals surface area (Å²) in [5, 5.41) is 12.1. The lowest BCUT2D eigenvalue weighted by atomic mass is 10.1. The first-order valence-corrected chi connectivity index (χ1v) is 10.5. The monoisotopic (exact) mass is 433 g/mol. The van der Waals surface area contributed by atoms with Gasteiger partial charge in [-0.3, -0.25) is 10.0 Å². The number of hydrogen-bond acceptors (Lipinski definition) is 5. The van der Waals surface area contributed by atoms with Crippen molar-refractivity contribution in [2.24, 2.45) is 5.92 Å². The fourth-order valence-corrected chi connectivity index (χ4v) is 4.28. The molecule has 1 heterocycles. The number of carbonyl (C=O) groups is 2. The molecular formula is C16H24ClN5O5S. The lowest BCUT2D eigenvalue weighted by Crippen LogP contribution is -2.58. The summed E-state index contributed by atoms with van der Waals surface area (Å²) < 4.78 is 28.5. The van der Waals surface area contributed by atoms with Crippen LogP contribution in [-0.2, 0) is 15.0 Å². The fourth-order valence-electron chi connectivity index (χ4n) is 2.66. The van der Waals surface area contributed by atoms with Crippen molar-refractivity contribution in [3.63, 3.8) is 0 Å². The van der Waals surface area contributed by atoms with Gasteiger partial charge in [0, 0.05) is 36.9 Å². The van der Waals surface area contributed by atoms with Crippen LogP contribution < -0.4 is 15.5 Å². The van der Waals surface area contributed by atoms with Gasteiger partial charge in [0.2, 0.25) is 0 Å². The number of benzene rings is 1. The summed E-state index contributed by atoms with van der Waals surface area (Å²) in [6.45, 7) is 3.85. The van der Waals surface area contributed by atoms with E-state index in [-0.39, 0.29) is 38.1 Å². The molecule has 1 aromatic carbocycles. The molecular weight excluding hydrogens is 410 g/mol. The van der Waals surface area contributed by atoms with Crippen LogP contribution >= 0.6 is 11.6 Å². The van der Waals surface area contributed by atoms with Crippen LogP contribution in [0.25, 0.3) is 0 Å². The highest BCUT2D eigenvalue weighted by Crippen LogP contribution is 2.15. The topological polar surface area (TPSA) is 131 Å². The third-order valence-corrected chi connectivity index (χ3v) is 6.15. The number of amides is 3. The number of rotatable bonds is 6. The van der Waals surface area contributed by atoms with Crippen molar-refractivity contribution in [1.82, 2.24) is 19.4 Å². The first-order valence-electron chi connectivity index (χ1n) is 8.67. The molecule has 3 amide bonds. The zero-order valence-corrected chi connectivity index (χ0v) is 17.1. The number of hydrogen-bond donors (Lipinski definition) is 4. The van der Waals surface area contributed by atoms with Crippen LogP contribution in [0, 0.1) is 5.92 Å². The van der Waals surface area contributed by atoms with Gasteiger partial charge in [0.05, 0.1) is 0 Å². The Balaban J connectivity index is 1.93. The average molecular weight is 434 g/mol. The highest BCUT2D eigenvalue weighted by atomic mass is 35.5. The van der Waals surface area contributed by atoms with Crippen molar-refractivity contribution >= 4 is 39.4 Å². The quantitative estimate of drug-likeness (QED) is 0.390. The van der Waals surface area contributed by atoms with Crippen LogP contribution in [0.2, 0.25) is 5.02 Å². The molecule has 28 heavy (non-hydrogen) atoms. The number of hydroxylamine groups is 1. The number of carbonyl (C=O) groups excluding carboxylic acids is 2. The highest BCUT2D eigenvalue weighted by Gasteiger charge is 2.33. The Kier molecular flexibility index (Phi) is 7.61. The molecule has 0 unspecified atom stereocenters. The highest BCUT2D eigenvalue weighted by molar-refractivity contribution is 7.87. The maximum atomic E-state index is 12.5. The minimum atomic E-state index is -3.96. The molecule has 4 N–H and O–H groups in total. The van der Waals surface area contributed by atoms with Crippen molar-refractivity contribution in [2.45, 2.75) is 19.9 Å². The third kappa shape index (κ3) is 5.79. The van der Waals surface area contributed by atoms with Gasteiger partial charge in [0.25, 0.3) is 16.1 Å². The van der Waals surface area contributed by atoms with E-state index >= 15 is 0 Å². The van der Waals surface area contributed by atoms with Crippen LogP contribution in [0.1, 0.15) is 13.8 Å². The Morgan fingerprint density at radius 3 is 2.18 bits per heavy atom. The molecule has 1 atom stereocenters. The molecule has 0 aliphatic carbocycles. The van der Waals surface area contributed by atoms with E-state index in [0.29, 0.717) is 10.7 Å². The molecule has 10 nitrogen and oxygen atoms in total. The normalized spacial score (nSPS) is 16.7. The van der Waals surface area contributed by atoms with Crippen molar-refractivity contribution in [1.29, 1.82) is 0 Å². The lowest BCUT2D eigenvalue weighted by molar-refractivity contribution is -0.131. The maximum absolute atomic E-state index is 12.5. The van der Waals surface area contributed by atoms with Gasteiger partial charge in [-0.25, -0.2) is 10.3 Å². The second-order valence-corrected chi connectivity index (χ2v) is 8.78. The standard InChI is InChI=1S/C16H24ClN5O5S/c1-11(2)14(15(23)19-25)20-28(26,27)22-9-7-21(8-10-22)16(24)18-13-5-3-12(17)4-6-13/h3-6,11,14,20,25H,7-10H2,1-2H3,(H,18,24)(H,19,23)/t14-/m1/s1. The van der Waals surface area contributed by atoms with Gasteiger partial charge in [-0.15, -0.1) is 0 Å². The number of nitrogens with zero attached hydrogens (tertiary/aromatic N) is 2. The SMILES string of the molecule is CC(C)[C@@H](NS(=O)(=O)N1CCN(C(=O)Nc2ccc(Cl)cc2)CC1)C(=O)NO. The molecule has 0 radical (unpaired) electrons. The molecule has 156 valence electrons. The van der Waals surface area contributed by atoms with Crippen molar-refractivity contribution < 1.29 is 23.2 Å². The second kappa shape index (κ2) is 9.52. The van der Waals surface area contributed by atoms with Crippen LogP contribution in [0.5, 0.6) is 0 Å². The summed E-state index contributed by atoms with van der Waals surface area (Å²) in [5.41, 5.74) is 2.05. The summed E-state index contributed by atoms with van der Waals surface area (Å²) in [4.78, 5) is 25.5. The molecule has 0 spiro atoms. The van der Waals surface area contributed by atoms with Crippen molar-refractivity contribution in [3.8, 4) is 0 Å². The van der Waals surface area contributed by atoms with Crippen molar-refractivity contribution in [3.05, 3.63) is 29.3 Å². The summed E-state index contributed by atoms with van der Waals surface area (Å²) in [7, 11) is -3.96. The van der Waals surface area contributed by atoms with Crippen LogP contribution in [0.15, 0.2) is 24.3 Å². The molecule has 12 heteroatoms. The maximum Gasteiger partial charge on any atom is 0.321 e. The van der Waals surface area contributed by atoms with Gasteiger partial charge in [0.15, 0.2) is 0 Å². The predicted octanol–water partition coefficient (Wildman–Crippen LogP) is 0.854. The average Bonchev–Trinajstić information content (AvgIpc) is 2.67. The number of anilines is 1. The Morgan fingerprint density at radius 1 is 1.11 bits per heavy atom. The van der Waals surface area contributed by atoms with Crippen LogP contribution in [0.4, 0.5) is 10.5 Å². The third-order valence-electron chi connectivity index (χ3n) is 4.30. The minimum Gasteiger partial charge on any atom is -0.322 e. The van der Waals surface area contributed by atoms with E-state index in [2.05, 4.69) is 10.0 Å². The Hall–Kier alpha value is -1.92. The molecule has 0 bridgehead atoms. The Morgan fingerprint density at radius 2 is 1.68 bits per heavy atom. The van der Waals surface area contributed by atoms with E-state index < -0.39 is 22.2 Å². The first-order chi connectivity index (χ1) is 13.1. The van der Waals surface area contributed by atoms with E-state index in [1.54, 1.807) is 38.1 Å². The van der Waals surface area contributed by atoms with Gasteiger partial charge in [0.1, 0.15) is 6.04 Å². The molecule has 1 fully saturated rings. The first kappa shape index (κ1) is 22.4. The lowest BCUT2D eigenvalue weighted by Gasteiger charge is -2.35. The number of piperazine rings is 1. The van der Waals surface area contributed by atoms with Gasteiger partial charge >= 0.3 is 6.03 Å². The molecule has 1 aliphatic heterocycles. The van der Waals surface area contributed by atoms with E-state index in [1.165, 1.54) is 14.7 Å². The smallest absolute Gasteiger partial charge is 0.321 e. The number of nitrogens with one attached hydrogen (secondary N) is 3. The van der Waals surface area contributed by atoms with Gasteiger partial charge < -0.3 is 10.2 Å². The van der Waals surface area contributed by atoms with Crippen LogP contribution in [-0.4, -0.2) is 67.0 Å². The molecule has 1 saturated heterocycles. The second-order valence-electron chi connectivity index (χ2n) is 6.64. The van der Waals surface area contributed by atoms with Gasteiger partial charge in [-0.2, -0.15) is 17.4 Å². The fraction of sp³-hybridized carbons (Fsp3) is 0.500. The summed E-state index contributed by atoms with van der Waals surface area (Å²) in [5.74, 6) is -1.20. The van der Waals surface area contributed by atoms with E-state index in [0.717, 1.165) is 0 Å². The summed E-state index contributed by atoms with van der Waals surface area (Å²) in [6, 6.07) is 5.20. The zero-order valence-electron chi connectivity index (χ0n) is 15.6. The predicted molar refractivity (Wildman–Crippen MR) is 104 cm³/mol. The zero-order chi connectivity index (χ0) is 20.9. The Labute approximate surface area is 169 Å². The van der Waals surface area contributed by atoms with E-state index in [1.807, 2.05) is 0 Å². The molecule has 0 aromatic heterocycles. The summed E-state index contributed by atoms with van der Waals surface area (Å²) in [6.07, 6.45) is 0.